The van der Waals surface area contributed by atoms with E-state index in [4.69, 9.17) is 5.73 Å². The molecule has 0 radical (unpaired) electrons. The Morgan fingerprint density at radius 1 is 1.40 bits per heavy atom. The second kappa shape index (κ2) is 3.47. The van der Waals surface area contributed by atoms with Gasteiger partial charge in [-0.05, 0) is 26.0 Å². The summed E-state index contributed by atoms with van der Waals surface area (Å²) in [6.07, 6.45) is 0. The zero-order chi connectivity index (χ0) is 11.1. The maximum Gasteiger partial charge on any atom is 0.268 e. The van der Waals surface area contributed by atoms with Gasteiger partial charge in [-0.3, -0.25) is 8.75 Å². The van der Waals surface area contributed by atoms with Gasteiger partial charge in [-0.25, -0.2) is 0 Å². The lowest BCUT2D eigenvalue weighted by molar-refractivity contribution is 0.446. The highest BCUT2D eigenvalue weighted by Crippen LogP contribution is 2.17. The molecule has 0 fully saturated rings. The van der Waals surface area contributed by atoms with Gasteiger partial charge in [0.1, 0.15) is 0 Å². The van der Waals surface area contributed by atoms with Crippen molar-refractivity contribution in [1.82, 2.24) is 3.96 Å². The Balaban J connectivity index is 2.54. The average Bonchev–Trinajstić information content (AvgIpc) is 2.42. The monoisotopic (exact) mass is 222 g/mol. The fraction of sp³-hybridized carbons (Fsp3) is 0.364. The van der Waals surface area contributed by atoms with Gasteiger partial charge in [0.2, 0.25) is 0 Å². The van der Waals surface area contributed by atoms with Crippen LogP contribution in [0.3, 0.4) is 0 Å². The molecule has 0 saturated heterocycles. The molecule has 0 spiro atoms. The number of hydrogen-bond donors (Lipinski definition) is 1. The van der Waals surface area contributed by atoms with Gasteiger partial charge in [-0.1, -0.05) is 23.7 Å². The molecule has 0 aliphatic carbocycles. The zero-order valence-electron chi connectivity index (χ0n) is 8.86. The second-order valence-corrected chi connectivity index (χ2v) is 5.48. The number of nitrogens with zero attached hydrogens (tertiary/aromatic N) is 1. The van der Waals surface area contributed by atoms with Crippen LogP contribution in [0.2, 0.25) is 0 Å². The van der Waals surface area contributed by atoms with E-state index in [0.29, 0.717) is 6.54 Å². The lowest BCUT2D eigenvalue weighted by Crippen LogP contribution is -2.38. The third-order valence-corrected chi connectivity index (χ3v) is 3.17. The summed E-state index contributed by atoms with van der Waals surface area (Å²) in [5, 5.41) is 0.784. The normalized spacial score (nSPS) is 12.2. The molecule has 1 aromatic carbocycles. The van der Waals surface area contributed by atoms with Crippen LogP contribution in [-0.4, -0.2) is 9.50 Å². The first-order chi connectivity index (χ1) is 6.97. The van der Waals surface area contributed by atoms with E-state index in [0.717, 1.165) is 10.1 Å². The van der Waals surface area contributed by atoms with Crippen molar-refractivity contribution in [2.45, 2.75) is 25.9 Å². The summed E-state index contributed by atoms with van der Waals surface area (Å²) in [5.74, 6) is 0. The number of benzene rings is 1. The van der Waals surface area contributed by atoms with E-state index in [1.165, 1.54) is 11.5 Å². The van der Waals surface area contributed by atoms with Crippen molar-refractivity contribution in [3.8, 4) is 0 Å². The van der Waals surface area contributed by atoms with Gasteiger partial charge in [0.15, 0.2) is 0 Å². The third kappa shape index (κ3) is 2.11. The van der Waals surface area contributed by atoms with E-state index in [2.05, 4.69) is 0 Å². The Bertz CT molecular complexity index is 533. The van der Waals surface area contributed by atoms with E-state index < -0.39 is 0 Å². The molecule has 0 aliphatic heterocycles. The number of fused-ring (bicyclic) bond motifs is 1. The second-order valence-electron chi connectivity index (χ2n) is 4.42. The standard InChI is InChI=1S/C11H14N2OS/c1-11(2,12)7-13-10(14)8-5-3-4-6-9(8)15-13/h3-6H,7,12H2,1-2H3. The number of nitrogens with two attached hydrogens (primary N) is 1. The molecule has 1 aromatic heterocycles. The Morgan fingerprint density at radius 2 is 2.07 bits per heavy atom. The summed E-state index contributed by atoms with van der Waals surface area (Å²) < 4.78 is 2.75. The molecule has 0 amide bonds. The van der Waals surface area contributed by atoms with E-state index in [1.54, 1.807) is 3.96 Å². The van der Waals surface area contributed by atoms with Crippen molar-refractivity contribution < 1.29 is 0 Å². The highest BCUT2D eigenvalue weighted by Gasteiger charge is 2.15. The molecule has 2 aromatic rings. The number of rotatable bonds is 2. The molecule has 2 N–H and O–H groups in total. The molecule has 80 valence electrons. The fourth-order valence-electron chi connectivity index (χ4n) is 1.49. The summed E-state index contributed by atoms with van der Waals surface area (Å²) in [4.78, 5) is 11.9. The van der Waals surface area contributed by atoms with Gasteiger partial charge >= 0.3 is 0 Å². The molecule has 15 heavy (non-hydrogen) atoms. The third-order valence-electron chi connectivity index (χ3n) is 2.10. The average molecular weight is 222 g/mol. The summed E-state index contributed by atoms with van der Waals surface area (Å²) >= 11 is 1.47. The topological polar surface area (TPSA) is 48.0 Å². The van der Waals surface area contributed by atoms with Crippen LogP contribution in [0.15, 0.2) is 29.1 Å². The molecule has 3 nitrogen and oxygen atoms in total. The Hall–Kier alpha value is -1.13. The smallest absolute Gasteiger partial charge is 0.268 e. The summed E-state index contributed by atoms with van der Waals surface area (Å²) in [5.41, 5.74) is 5.61. The van der Waals surface area contributed by atoms with E-state index in [-0.39, 0.29) is 11.1 Å². The molecule has 0 unspecified atom stereocenters. The first-order valence-corrected chi connectivity index (χ1v) is 5.62. The molecule has 0 aliphatic rings. The van der Waals surface area contributed by atoms with Crippen molar-refractivity contribution >= 4 is 21.6 Å². The minimum Gasteiger partial charge on any atom is -0.324 e. The van der Waals surface area contributed by atoms with Gasteiger partial charge in [-0.2, -0.15) is 0 Å². The maximum atomic E-state index is 11.9. The Labute approximate surface area is 92.3 Å². The van der Waals surface area contributed by atoms with Crippen molar-refractivity contribution in [2.75, 3.05) is 0 Å². The van der Waals surface area contributed by atoms with Gasteiger partial charge in [0.05, 0.1) is 16.6 Å². The van der Waals surface area contributed by atoms with Gasteiger partial charge < -0.3 is 5.73 Å². The van der Waals surface area contributed by atoms with E-state index in [9.17, 15) is 4.79 Å². The lowest BCUT2D eigenvalue weighted by Gasteiger charge is -2.17. The maximum absolute atomic E-state index is 11.9. The van der Waals surface area contributed by atoms with Crippen LogP contribution in [0.1, 0.15) is 13.8 Å². The van der Waals surface area contributed by atoms with Crippen molar-refractivity contribution in [3.63, 3.8) is 0 Å². The molecule has 1 heterocycles. The minimum atomic E-state index is -0.356. The molecule has 4 heteroatoms. The molecule has 2 rings (SSSR count). The van der Waals surface area contributed by atoms with Crippen LogP contribution in [0, 0.1) is 0 Å². The van der Waals surface area contributed by atoms with Crippen LogP contribution in [0.4, 0.5) is 0 Å². The van der Waals surface area contributed by atoms with Gasteiger partial charge in [0.25, 0.3) is 5.56 Å². The first-order valence-electron chi connectivity index (χ1n) is 4.85. The molecular formula is C11H14N2OS. The number of aromatic nitrogens is 1. The Kier molecular flexibility index (Phi) is 2.40. The summed E-state index contributed by atoms with van der Waals surface area (Å²) in [7, 11) is 0. The Morgan fingerprint density at radius 3 is 2.67 bits per heavy atom. The van der Waals surface area contributed by atoms with E-state index >= 15 is 0 Å². The quantitative estimate of drug-likeness (QED) is 0.842. The molecule has 0 saturated carbocycles. The summed E-state index contributed by atoms with van der Waals surface area (Å²) in [6.45, 7) is 4.40. The first kappa shape index (κ1) is 10.4. The minimum absolute atomic E-state index is 0.0640. The molecule has 0 atom stereocenters. The van der Waals surface area contributed by atoms with E-state index in [1.807, 2.05) is 38.1 Å². The van der Waals surface area contributed by atoms with Crippen LogP contribution in [-0.2, 0) is 6.54 Å². The summed E-state index contributed by atoms with van der Waals surface area (Å²) in [6, 6.07) is 7.64. The van der Waals surface area contributed by atoms with Crippen molar-refractivity contribution in [2.24, 2.45) is 5.73 Å². The van der Waals surface area contributed by atoms with Crippen molar-refractivity contribution in [1.29, 1.82) is 0 Å². The highest BCUT2D eigenvalue weighted by molar-refractivity contribution is 7.13. The predicted molar refractivity (Wildman–Crippen MR) is 64.4 cm³/mol. The number of hydrogen-bond acceptors (Lipinski definition) is 3. The lowest BCUT2D eigenvalue weighted by atomic mass is 10.1. The fourth-order valence-corrected chi connectivity index (χ4v) is 2.70. The van der Waals surface area contributed by atoms with Gasteiger partial charge in [-0.15, -0.1) is 0 Å². The van der Waals surface area contributed by atoms with Crippen LogP contribution in [0.25, 0.3) is 10.1 Å². The zero-order valence-corrected chi connectivity index (χ0v) is 9.67. The molecule has 0 bridgehead atoms. The van der Waals surface area contributed by atoms with Crippen molar-refractivity contribution in [3.05, 3.63) is 34.6 Å². The van der Waals surface area contributed by atoms with Gasteiger partial charge in [0, 0.05) is 5.54 Å². The largest absolute Gasteiger partial charge is 0.324 e. The highest BCUT2D eigenvalue weighted by atomic mass is 32.1. The van der Waals surface area contributed by atoms with Crippen LogP contribution < -0.4 is 11.3 Å². The SMILES string of the molecule is CC(C)(N)Cn1sc2ccccc2c1=O. The molecular weight excluding hydrogens is 208 g/mol. The van der Waals surface area contributed by atoms with Crippen LogP contribution in [0.5, 0.6) is 0 Å². The predicted octanol–water partition coefficient (Wildman–Crippen LogP) is 1.80. The van der Waals surface area contributed by atoms with Crippen LogP contribution >= 0.6 is 11.5 Å².